The highest BCUT2D eigenvalue weighted by molar-refractivity contribution is 7.86. The smallest absolute Gasteiger partial charge is 0.309 e. The topological polar surface area (TPSA) is 17.1 Å². The molecule has 0 spiro atoms. The van der Waals surface area contributed by atoms with Gasteiger partial charge in [-0.25, -0.2) is 0 Å². The number of fused-ring (bicyclic) bond motifs is 6. The number of benzene rings is 7. The Morgan fingerprint density at radius 2 is 0.875 bits per heavy atom. The number of halogens is 3. The maximum absolute atomic E-state index is 16.0. The molecule has 0 amide bonds. The summed E-state index contributed by atoms with van der Waals surface area (Å²) in [7, 11) is -3.87. The zero-order chi connectivity index (χ0) is 27.5. The maximum atomic E-state index is 16.0. The summed E-state index contributed by atoms with van der Waals surface area (Å²) >= 11 is 0. The molecule has 0 N–H and O–H groups in total. The van der Waals surface area contributed by atoms with E-state index in [0.717, 1.165) is 55.2 Å². The minimum Gasteiger partial charge on any atom is -0.309 e. The van der Waals surface area contributed by atoms with E-state index in [1.807, 2.05) is 109 Å². The summed E-state index contributed by atoms with van der Waals surface area (Å²) in [4.78, 5) is 0. The van der Waals surface area contributed by atoms with Gasteiger partial charge in [-0.15, -0.1) is 0 Å². The van der Waals surface area contributed by atoms with E-state index in [4.69, 9.17) is 0 Å². The van der Waals surface area contributed by atoms with Crippen LogP contribution in [0.5, 0.6) is 0 Å². The number of rotatable bonds is 3. The Labute approximate surface area is 228 Å². The predicted molar refractivity (Wildman–Crippen MR) is 161 cm³/mol. The fourth-order valence-corrected chi connectivity index (χ4v) is 9.02. The minimum absolute atomic E-state index is 0.156. The summed E-state index contributed by atoms with van der Waals surface area (Å²) < 4.78 is 58.0. The highest BCUT2D eigenvalue weighted by atomic mass is 31.2. The molecule has 0 aliphatic heterocycles. The molecule has 0 radical (unpaired) electrons. The van der Waals surface area contributed by atoms with Gasteiger partial charge in [0.15, 0.2) is 7.14 Å². The molecule has 0 aliphatic carbocycles. The van der Waals surface area contributed by atoms with E-state index in [9.17, 15) is 13.2 Å². The van der Waals surface area contributed by atoms with Crippen molar-refractivity contribution in [1.82, 2.24) is 0 Å². The van der Waals surface area contributed by atoms with E-state index in [1.165, 1.54) is 6.07 Å². The van der Waals surface area contributed by atoms with Gasteiger partial charge >= 0.3 is 6.18 Å². The van der Waals surface area contributed by atoms with E-state index in [2.05, 4.69) is 0 Å². The molecule has 0 saturated heterocycles. The van der Waals surface area contributed by atoms with Crippen molar-refractivity contribution in [2.45, 2.75) is 6.18 Å². The summed E-state index contributed by atoms with van der Waals surface area (Å²) in [5, 5.41) is 8.33. The summed E-state index contributed by atoms with van der Waals surface area (Å²) in [5.41, 5.74) is -0.819. The molecule has 7 aromatic carbocycles. The molecule has 7 aromatic rings. The summed E-state index contributed by atoms with van der Waals surface area (Å²) in [6, 6.07) is 40.0. The molecule has 0 bridgehead atoms. The normalized spacial score (nSPS) is 12.5. The molecule has 0 aliphatic rings. The Balaban J connectivity index is 1.70. The monoisotopic (exact) mass is 546 g/mol. The molecular weight excluding hydrogens is 524 g/mol. The molecule has 0 heterocycles. The van der Waals surface area contributed by atoms with Crippen LogP contribution >= 0.6 is 7.14 Å². The highest BCUT2D eigenvalue weighted by Gasteiger charge is 2.37. The van der Waals surface area contributed by atoms with Gasteiger partial charge in [0, 0.05) is 15.9 Å². The zero-order valence-electron chi connectivity index (χ0n) is 21.2. The molecule has 0 unspecified atom stereocenters. The Bertz CT molecular complexity index is 2020. The van der Waals surface area contributed by atoms with E-state index >= 15 is 4.57 Å². The molecule has 0 atom stereocenters. The predicted octanol–water partition coefficient (Wildman–Crippen LogP) is 8.96. The van der Waals surface area contributed by atoms with Crippen LogP contribution in [0.4, 0.5) is 13.2 Å². The maximum Gasteiger partial charge on any atom is 0.416 e. The van der Waals surface area contributed by atoms with Crippen molar-refractivity contribution in [2.24, 2.45) is 0 Å². The van der Waals surface area contributed by atoms with Gasteiger partial charge < -0.3 is 4.57 Å². The lowest BCUT2D eigenvalue weighted by Crippen LogP contribution is -2.27. The second kappa shape index (κ2) is 9.08. The van der Waals surface area contributed by atoms with Crippen LogP contribution in [-0.2, 0) is 10.7 Å². The average Bonchev–Trinajstić information content (AvgIpc) is 2.99. The zero-order valence-corrected chi connectivity index (χ0v) is 22.1. The molecule has 0 fully saturated rings. The fourth-order valence-electron chi connectivity index (χ4n) is 5.88. The van der Waals surface area contributed by atoms with Crippen molar-refractivity contribution in [1.29, 1.82) is 0 Å². The Morgan fingerprint density at radius 3 is 1.35 bits per heavy atom. The van der Waals surface area contributed by atoms with Crippen LogP contribution in [0, 0.1) is 0 Å². The molecular formula is C35H22F3OP. The quantitative estimate of drug-likeness (QED) is 0.160. The van der Waals surface area contributed by atoms with Crippen LogP contribution < -0.4 is 15.9 Å². The van der Waals surface area contributed by atoms with E-state index in [0.29, 0.717) is 10.6 Å². The lowest BCUT2D eigenvalue weighted by Gasteiger charge is -2.25. The number of hydrogen-bond donors (Lipinski definition) is 0. The summed E-state index contributed by atoms with van der Waals surface area (Å²) in [6.07, 6.45) is -4.57. The van der Waals surface area contributed by atoms with Crippen LogP contribution in [0.1, 0.15) is 5.56 Å². The van der Waals surface area contributed by atoms with Gasteiger partial charge in [0.25, 0.3) is 0 Å². The molecule has 5 heteroatoms. The van der Waals surface area contributed by atoms with Crippen LogP contribution in [-0.4, -0.2) is 0 Å². The summed E-state index contributed by atoms with van der Waals surface area (Å²) in [5.74, 6) is 0. The van der Waals surface area contributed by atoms with Crippen molar-refractivity contribution in [2.75, 3.05) is 0 Å². The number of hydrogen-bond acceptors (Lipinski definition) is 1. The third-order valence-corrected chi connectivity index (χ3v) is 10.8. The van der Waals surface area contributed by atoms with Crippen LogP contribution in [0.15, 0.2) is 133 Å². The number of alkyl halides is 3. The van der Waals surface area contributed by atoms with Gasteiger partial charge in [-0.3, -0.25) is 0 Å². The molecule has 7 rings (SSSR count). The van der Waals surface area contributed by atoms with Gasteiger partial charge in [0.1, 0.15) is 0 Å². The minimum atomic E-state index is -4.57. The van der Waals surface area contributed by atoms with Gasteiger partial charge in [-0.05, 0) is 67.4 Å². The Hall–Kier alpha value is -4.40. The third kappa shape index (κ3) is 3.75. The molecule has 0 saturated carbocycles. The van der Waals surface area contributed by atoms with Crippen LogP contribution in [0.25, 0.3) is 43.1 Å². The highest BCUT2D eigenvalue weighted by Crippen LogP contribution is 2.49. The summed E-state index contributed by atoms with van der Waals surface area (Å²) in [6.45, 7) is 0. The Morgan fingerprint density at radius 1 is 0.450 bits per heavy atom. The van der Waals surface area contributed by atoms with E-state index < -0.39 is 18.9 Å². The largest absolute Gasteiger partial charge is 0.416 e. The molecule has 0 aromatic heterocycles. The standard InChI is InChI=1S/C35H22F3OP/c36-35(37,38)25-12-9-13-26(22-25)40(39,33-20-23-10-1-3-14-27(23)29-16-5-7-18-31(29)33)34-21-24-11-2-4-15-28(24)30-17-6-8-19-32(30)34/h1-22H. The average molecular weight is 547 g/mol. The first-order valence-corrected chi connectivity index (χ1v) is 14.7. The van der Waals surface area contributed by atoms with Crippen molar-refractivity contribution in [3.8, 4) is 0 Å². The van der Waals surface area contributed by atoms with Crippen molar-refractivity contribution < 1.29 is 17.7 Å². The first-order valence-electron chi connectivity index (χ1n) is 13.0. The molecule has 194 valence electrons. The SMILES string of the molecule is O=P(c1cccc(C(F)(F)F)c1)(c1cc2ccccc2c2ccccc12)c1cc2ccccc2c2ccccc12. The second-order valence-corrected chi connectivity index (χ2v) is 12.7. The first kappa shape index (κ1) is 24.6. The van der Waals surface area contributed by atoms with E-state index in [-0.39, 0.29) is 5.30 Å². The van der Waals surface area contributed by atoms with Crippen molar-refractivity contribution in [3.05, 3.63) is 139 Å². The van der Waals surface area contributed by atoms with E-state index in [1.54, 1.807) is 6.07 Å². The van der Waals surface area contributed by atoms with Gasteiger partial charge in [0.2, 0.25) is 0 Å². The first-order chi connectivity index (χ1) is 19.4. The molecule has 1 nitrogen and oxygen atoms in total. The Kier molecular flexibility index (Phi) is 5.59. The second-order valence-electron chi connectivity index (χ2n) is 9.98. The lowest BCUT2D eigenvalue weighted by atomic mass is 10.0. The third-order valence-electron chi connectivity index (χ3n) is 7.71. The fraction of sp³-hybridized carbons (Fsp3) is 0.0286. The van der Waals surface area contributed by atoms with Crippen molar-refractivity contribution >= 4 is 66.1 Å². The van der Waals surface area contributed by atoms with Crippen LogP contribution in [0.3, 0.4) is 0 Å². The van der Waals surface area contributed by atoms with Crippen LogP contribution in [0.2, 0.25) is 0 Å². The van der Waals surface area contributed by atoms with Gasteiger partial charge in [0.05, 0.1) is 5.56 Å². The lowest BCUT2D eigenvalue weighted by molar-refractivity contribution is -0.137. The van der Waals surface area contributed by atoms with Gasteiger partial charge in [-0.2, -0.15) is 13.2 Å². The van der Waals surface area contributed by atoms with Crippen molar-refractivity contribution in [3.63, 3.8) is 0 Å². The molecule has 40 heavy (non-hydrogen) atoms. The van der Waals surface area contributed by atoms with Gasteiger partial charge in [-0.1, -0.05) is 109 Å².